The van der Waals surface area contributed by atoms with Crippen LogP contribution in [0.5, 0.6) is 0 Å². The molecule has 0 aliphatic carbocycles. The Morgan fingerprint density at radius 3 is 2.56 bits per heavy atom. The molecule has 0 fully saturated rings. The van der Waals surface area contributed by atoms with E-state index in [-0.39, 0.29) is 6.61 Å². The molecule has 5 nitrogen and oxygen atoms in total. The quantitative estimate of drug-likeness (QED) is 0.889. The van der Waals surface area contributed by atoms with Gasteiger partial charge in [0.05, 0.1) is 6.61 Å². The van der Waals surface area contributed by atoms with Crippen LogP contribution in [-0.2, 0) is 19.4 Å². The van der Waals surface area contributed by atoms with Gasteiger partial charge < -0.3 is 5.11 Å². The molecular formula is C13H18N4O. The van der Waals surface area contributed by atoms with E-state index >= 15 is 0 Å². The lowest BCUT2D eigenvalue weighted by Gasteiger charge is -2.06. The van der Waals surface area contributed by atoms with Crippen molar-refractivity contribution in [1.82, 2.24) is 19.7 Å². The van der Waals surface area contributed by atoms with Crippen molar-refractivity contribution in [2.24, 2.45) is 0 Å². The summed E-state index contributed by atoms with van der Waals surface area (Å²) >= 11 is 0. The number of aliphatic hydroxyl groups excluding tert-OH is 1. The van der Waals surface area contributed by atoms with E-state index in [1.165, 1.54) is 0 Å². The molecule has 1 N–H and O–H groups in total. The van der Waals surface area contributed by atoms with Crippen LogP contribution in [0, 0.1) is 6.92 Å². The second-order valence-corrected chi connectivity index (χ2v) is 4.20. The van der Waals surface area contributed by atoms with E-state index in [0.717, 1.165) is 41.6 Å². The molecule has 0 saturated carbocycles. The molecule has 0 radical (unpaired) electrons. The minimum absolute atomic E-state index is 0.00709. The predicted octanol–water partition coefficient (Wildman–Crippen LogP) is 1.59. The molecule has 2 aromatic heterocycles. The third-order valence-electron chi connectivity index (χ3n) is 2.75. The lowest BCUT2D eigenvalue weighted by Crippen LogP contribution is -2.06. The van der Waals surface area contributed by atoms with Crippen LogP contribution in [0.25, 0.3) is 5.82 Å². The zero-order valence-corrected chi connectivity index (χ0v) is 11.0. The van der Waals surface area contributed by atoms with Gasteiger partial charge in [-0.15, -0.1) is 5.10 Å². The van der Waals surface area contributed by atoms with Crippen LogP contribution in [-0.4, -0.2) is 24.9 Å². The molecule has 5 heteroatoms. The Kier molecular flexibility index (Phi) is 3.72. The maximum atomic E-state index is 9.24. The van der Waals surface area contributed by atoms with Crippen molar-refractivity contribution in [2.75, 3.05) is 0 Å². The average molecular weight is 246 g/mol. The minimum Gasteiger partial charge on any atom is -0.392 e. The molecule has 18 heavy (non-hydrogen) atoms. The van der Waals surface area contributed by atoms with Gasteiger partial charge in [0.2, 0.25) is 0 Å². The first-order valence-electron chi connectivity index (χ1n) is 6.21. The van der Waals surface area contributed by atoms with Crippen LogP contribution in [0.1, 0.15) is 36.8 Å². The van der Waals surface area contributed by atoms with Crippen LogP contribution >= 0.6 is 0 Å². The molecule has 0 spiro atoms. The summed E-state index contributed by atoms with van der Waals surface area (Å²) in [4.78, 5) is 8.92. The lowest BCUT2D eigenvalue weighted by molar-refractivity contribution is 0.281. The summed E-state index contributed by atoms with van der Waals surface area (Å²) in [5.74, 6) is 2.44. The molecule has 0 aliphatic rings. The number of aliphatic hydroxyl groups is 1. The van der Waals surface area contributed by atoms with Gasteiger partial charge >= 0.3 is 0 Å². The van der Waals surface area contributed by atoms with Crippen LogP contribution in [0.3, 0.4) is 0 Å². The van der Waals surface area contributed by atoms with E-state index < -0.39 is 0 Å². The molecule has 0 saturated heterocycles. The van der Waals surface area contributed by atoms with E-state index in [1.807, 2.05) is 32.9 Å². The molecule has 96 valence electrons. The second-order valence-electron chi connectivity index (χ2n) is 4.20. The van der Waals surface area contributed by atoms with E-state index in [2.05, 4.69) is 15.1 Å². The van der Waals surface area contributed by atoms with Crippen molar-refractivity contribution in [3.63, 3.8) is 0 Å². The summed E-state index contributed by atoms with van der Waals surface area (Å²) in [6.45, 7) is 5.99. The molecule has 2 rings (SSSR count). The second kappa shape index (κ2) is 5.27. The van der Waals surface area contributed by atoms with Crippen LogP contribution in [0.2, 0.25) is 0 Å². The highest BCUT2D eigenvalue weighted by atomic mass is 16.3. The van der Waals surface area contributed by atoms with Crippen LogP contribution in [0.15, 0.2) is 12.1 Å². The summed E-state index contributed by atoms with van der Waals surface area (Å²) in [6, 6.07) is 3.72. The van der Waals surface area contributed by atoms with Gasteiger partial charge in [0.25, 0.3) is 0 Å². The minimum atomic E-state index is 0.00709. The third kappa shape index (κ3) is 2.41. The van der Waals surface area contributed by atoms with Gasteiger partial charge in [-0.3, -0.25) is 0 Å². The fourth-order valence-electron chi connectivity index (χ4n) is 1.87. The zero-order chi connectivity index (χ0) is 13.1. The number of hydrogen-bond donors (Lipinski definition) is 1. The predicted molar refractivity (Wildman–Crippen MR) is 68.6 cm³/mol. The van der Waals surface area contributed by atoms with E-state index in [4.69, 9.17) is 0 Å². The maximum Gasteiger partial charge on any atom is 0.156 e. The Morgan fingerprint density at radius 1 is 1.17 bits per heavy atom. The monoisotopic (exact) mass is 246 g/mol. The molecule has 2 heterocycles. The van der Waals surface area contributed by atoms with Gasteiger partial charge in [-0.2, -0.15) is 4.68 Å². The van der Waals surface area contributed by atoms with Crippen molar-refractivity contribution in [1.29, 1.82) is 0 Å². The maximum absolute atomic E-state index is 9.24. The molecule has 2 aromatic rings. The average Bonchev–Trinajstić information content (AvgIpc) is 2.81. The van der Waals surface area contributed by atoms with Gasteiger partial charge in [-0.05, 0) is 24.6 Å². The smallest absolute Gasteiger partial charge is 0.156 e. The SMILES string of the molecule is CCc1nc(CC)n(-c2cc(CO)cc(C)n2)n1. The normalized spacial score (nSPS) is 10.9. The zero-order valence-electron chi connectivity index (χ0n) is 11.0. The molecule has 0 aromatic carbocycles. The first kappa shape index (κ1) is 12.7. The van der Waals surface area contributed by atoms with Crippen molar-refractivity contribution < 1.29 is 5.11 Å². The summed E-state index contributed by atoms with van der Waals surface area (Å²) < 4.78 is 1.77. The van der Waals surface area contributed by atoms with E-state index in [1.54, 1.807) is 4.68 Å². The summed E-state index contributed by atoms with van der Waals surface area (Å²) in [7, 11) is 0. The summed E-state index contributed by atoms with van der Waals surface area (Å²) in [5, 5.41) is 13.7. The largest absolute Gasteiger partial charge is 0.392 e. The van der Waals surface area contributed by atoms with Gasteiger partial charge in [0.15, 0.2) is 11.6 Å². The molecular weight excluding hydrogens is 228 g/mol. The van der Waals surface area contributed by atoms with Gasteiger partial charge in [0.1, 0.15) is 5.82 Å². The summed E-state index contributed by atoms with van der Waals surface area (Å²) in [6.07, 6.45) is 1.61. The lowest BCUT2D eigenvalue weighted by atomic mass is 10.2. The topological polar surface area (TPSA) is 63.8 Å². The first-order chi connectivity index (χ1) is 8.67. The van der Waals surface area contributed by atoms with Crippen molar-refractivity contribution >= 4 is 0 Å². The molecule has 0 atom stereocenters. The highest BCUT2D eigenvalue weighted by molar-refractivity contribution is 5.30. The number of hydrogen-bond acceptors (Lipinski definition) is 4. The first-order valence-corrected chi connectivity index (χ1v) is 6.21. The summed E-state index contributed by atoms with van der Waals surface area (Å²) in [5.41, 5.74) is 1.71. The van der Waals surface area contributed by atoms with Crippen molar-refractivity contribution in [3.8, 4) is 5.82 Å². The number of rotatable bonds is 4. The van der Waals surface area contributed by atoms with Crippen molar-refractivity contribution in [2.45, 2.75) is 40.2 Å². The van der Waals surface area contributed by atoms with Crippen LogP contribution < -0.4 is 0 Å². The van der Waals surface area contributed by atoms with Gasteiger partial charge in [-0.25, -0.2) is 9.97 Å². The number of aryl methyl sites for hydroxylation is 3. The Balaban J connectivity index is 2.53. The van der Waals surface area contributed by atoms with E-state index in [0.29, 0.717) is 0 Å². The molecule has 0 aliphatic heterocycles. The number of nitrogens with zero attached hydrogens (tertiary/aromatic N) is 4. The van der Waals surface area contributed by atoms with Gasteiger partial charge in [-0.1, -0.05) is 13.8 Å². The third-order valence-corrected chi connectivity index (χ3v) is 2.75. The number of aromatic nitrogens is 4. The van der Waals surface area contributed by atoms with Gasteiger partial charge in [0, 0.05) is 18.5 Å². The Bertz CT molecular complexity index is 548. The Hall–Kier alpha value is -1.75. The Labute approximate surface area is 107 Å². The van der Waals surface area contributed by atoms with Crippen LogP contribution in [0.4, 0.5) is 0 Å². The highest BCUT2D eigenvalue weighted by Gasteiger charge is 2.11. The Morgan fingerprint density at radius 2 is 1.94 bits per heavy atom. The fraction of sp³-hybridized carbons (Fsp3) is 0.462. The van der Waals surface area contributed by atoms with Crippen molar-refractivity contribution in [3.05, 3.63) is 35.0 Å². The van der Waals surface area contributed by atoms with E-state index in [9.17, 15) is 5.11 Å². The molecule has 0 amide bonds. The standard InChI is InChI=1S/C13H18N4O/c1-4-11-15-12(5-2)17(16-11)13-7-10(8-18)6-9(3)14-13/h6-7,18H,4-5,8H2,1-3H3. The molecule has 0 bridgehead atoms. The highest BCUT2D eigenvalue weighted by Crippen LogP contribution is 2.12. The number of pyridine rings is 1. The molecule has 0 unspecified atom stereocenters. The fourth-order valence-corrected chi connectivity index (χ4v) is 1.87.